The van der Waals surface area contributed by atoms with Crippen molar-refractivity contribution in [2.24, 2.45) is 5.92 Å². The number of amides is 1. The Morgan fingerprint density at radius 1 is 1.23 bits per heavy atom. The van der Waals surface area contributed by atoms with E-state index in [1.807, 2.05) is 38.4 Å². The van der Waals surface area contributed by atoms with Gasteiger partial charge < -0.3 is 19.7 Å². The summed E-state index contributed by atoms with van der Waals surface area (Å²) >= 11 is 0. The first kappa shape index (κ1) is 20.3. The van der Waals surface area contributed by atoms with Gasteiger partial charge in [-0.1, -0.05) is 13.0 Å². The van der Waals surface area contributed by atoms with Gasteiger partial charge in [0, 0.05) is 18.7 Å². The quantitative estimate of drug-likeness (QED) is 0.723. The third kappa shape index (κ3) is 6.71. The molecular weight excluding hydrogens is 328 g/mol. The van der Waals surface area contributed by atoms with Crippen LogP contribution < -0.4 is 14.8 Å². The smallest absolute Gasteiger partial charge is 0.244 e. The fourth-order valence-corrected chi connectivity index (χ4v) is 3.07. The van der Waals surface area contributed by atoms with Crippen LogP contribution in [-0.2, 0) is 4.79 Å². The fraction of sp³-hybridized carbons (Fsp3) is 0.571. The van der Waals surface area contributed by atoms with E-state index >= 15 is 0 Å². The van der Waals surface area contributed by atoms with Crippen LogP contribution in [0.25, 0.3) is 6.08 Å². The Balaban J connectivity index is 1.89. The number of likely N-dealkylation sites (N-methyl/N-ethyl adjacent to an activating group) is 1. The van der Waals surface area contributed by atoms with Gasteiger partial charge in [0.2, 0.25) is 5.91 Å². The van der Waals surface area contributed by atoms with E-state index < -0.39 is 0 Å². The van der Waals surface area contributed by atoms with Crippen molar-refractivity contribution < 1.29 is 14.3 Å². The zero-order valence-corrected chi connectivity index (χ0v) is 16.5. The van der Waals surface area contributed by atoms with Gasteiger partial charge in [0.1, 0.15) is 6.61 Å². The topological polar surface area (TPSA) is 50.8 Å². The second kappa shape index (κ2) is 10.2. The van der Waals surface area contributed by atoms with Crippen molar-refractivity contribution in [2.45, 2.75) is 38.6 Å². The Morgan fingerprint density at radius 3 is 2.62 bits per heavy atom. The zero-order chi connectivity index (χ0) is 18.9. The van der Waals surface area contributed by atoms with Crippen LogP contribution >= 0.6 is 0 Å². The molecule has 5 nitrogen and oxygen atoms in total. The van der Waals surface area contributed by atoms with Gasteiger partial charge in [-0.2, -0.15) is 0 Å². The van der Waals surface area contributed by atoms with E-state index in [-0.39, 0.29) is 5.91 Å². The Morgan fingerprint density at radius 2 is 1.96 bits per heavy atom. The first-order chi connectivity index (χ1) is 12.5. The number of rotatable bonds is 8. The molecule has 1 amide bonds. The maximum Gasteiger partial charge on any atom is 0.244 e. The van der Waals surface area contributed by atoms with Gasteiger partial charge in [-0.15, -0.1) is 0 Å². The first-order valence-electron chi connectivity index (χ1n) is 9.42. The second-order valence-electron chi connectivity index (χ2n) is 7.36. The number of nitrogens with one attached hydrogen (secondary N) is 1. The highest BCUT2D eigenvalue weighted by Crippen LogP contribution is 2.28. The molecule has 0 aliphatic heterocycles. The minimum atomic E-state index is -0.0326. The van der Waals surface area contributed by atoms with Crippen molar-refractivity contribution in [3.05, 3.63) is 29.8 Å². The van der Waals surface area contributed by atoms with E-state index in [0.29, 0.717) is 24.1 Å². The van der Waals surface area contributed by atoms with Crippen molar-refractivity contribution in [3.63, 3.8) is 0 Å². The standard InChI is InChI=1S/C21H32N2O3/c1-16-5-9-18(10-6-16)22-21(24)12-8-17-7-11-19(20(15-17)25-4)26-14-13-23(2)3/h7-8,11-12,15-16,18H,5-6,9-10,13-14H2,1-4H3,(H,22,24)/b12-8+/t16-,18-. The monoisotopic (exact) mass is 360 g/mol. The predicted molar refractivity (Wildman–Crippen MR) is 106 cm³/mol. The van der Waals surface area contributed by atoms with E-state index in [1.54, 1.807) is 13.2 Å². The van der Waals surface area contributed by atoms with E-state index in [4.69, 9.17) is 9.47 Å². The van der Waals surface area contributed by atoms with E-state index in [2.05, 4.69) is 17.1 Å². The summed E-state index contributed by atoms with van der Waals surface area (Å²) < 4.78 is 11.2. The SMILES string of the molecule is COc1cc(/C=C/C(=O)N[C@H]2CC[C@H](C)CC2)ccc1OCCN(C)C. The Kier molecular flexibility index (Phi) is 7.98. The molecule has 1 aromatic rings. The second-order valence-corrected chi connectivity index (χ2v) is 7.36. The molecule has 0 bridgehead atoms. The van der Waals surface area contributed by atoms with Gasteiger partial charge in [-0.05, 0) is 69.5 Å². The van der Waals surface area contributed by atoms with Gasteiger partial charge >= 0.3 is 0 Å². The third-order valence-corrected chi connectivity index (χ3v) is 4.77. The summed E-state index contributed by atoms with van der Waals surface area (Å²) in [6.07, 6.45) is 7.95. The number of ether oxygens (including phenoxy) is 2. The highest BCUT2D eigenvalue weighted by molar-refractivity contribution is 5.92. The normalized spacial score (nSPS) is 20.3. The molecule has 0 radical (unpaired) electrons. The number of carbonyl (C=O) groups is 1. The van der Waals surface area contributed by atoms with Crippen LogP contribution in [0.2, 0.25) is 0 Å². The van der Waals surface area contributed by atoms with Crippen LogP contribution in [-0.4, -0.2) is 51.2 Å². The molecule has 26 heavy (non-hydrogen) atoms. The number of hydrogen-bond acceptors (Lipinski definition) is 4. The Labute approximate surface area is 157 Å². The molecule has 0 spiro atoms. The van der Waals surface area contributed by atoms with Crippen molar-refractivity contribution in [1.29, 1.82) is 0 Å². The van der Waals surface area contributed by atoms with Gasteiger partial charge in [-0.3, -0.25) is 4.79 Å². The van der Waals surface area contributed by atoms with Crippen molar-refractivity contribution in [1.82, 2.24) is 10.2 Å². The minimum absolute atomic E-state index is 0.0326. The third-order valence-electron chi connectivity index (χ3n) is 4.77. The number of benzene rings is 1. The van der Waals surface area contributed by atoms with Gasteiger partial charge in [-0.25, -0.2) is 0 Å². The summed E-state index contributed by atoms with van der Waals surface area (Å²) in [7, 11) is 5.64. The van der Waals surface area contributed by atoms with Crippen LogP contribution in [0, 0.1) is 5.92 Å². The average molecular weight is 360 g/mol. The van der Waals surface area contributed by atoms with E-state index in [9.17, 15) is 4.79 Å². The summed E-state index contributed by atoms with van der Waals surface area (Å²) in [5.41, 5.74) is 0.911. The largest absolute Gasteiger partial charge is 0.493 e. The number of nitrogens with zero attached hydrogens (tertiary/aromatic N) is 1. The molecule has 2 rings (SSSR count). The van der Waals surface area contributed by atoms with Crippen LogP contribution in [0.3, 0.4) is 0 Å². The molecule has 0 atom stereocenters. The van der Waals surface area contributed by atoms with E-state index in [0.717, 1.165) is 30.9 Å². The lowest BCUT2D eigenvalue weighted by Crippen LogP contribution is -2.36. The molecule has 0 saturated heterocycles. The van der Waals surface area contributed by atoms with Gasteiger partial charge in [0.25, 0.3) is 0 Å². The van der Waals surface area contributed by atoms with Crippen molar-refractivity contribution >= 4 is 12.0 Å². The summed E-state index contributed by atoms with van der Waals surface area (Å²) in [5, 5.41) is 3.10. The van der Waals surface area contributed by atoms with Crippen LogP contribution in [0.4, 0.5) is 0 Å². The lowest BCUT2D eigenvalue weighted by molar-refractivity contribution is -0.117. The molecule has 1 fully saturated rings. The average Bonchev–Trinajstić information content (AvgIpc) is 2.62. The number of hydrogen-bond donors (Lipinski definition) is 1. The maximum absolute atomic E-state index is 12.1. The summed E-state index contributed by atoms with van der Waals surface area (Å²) in [5.74, 6) is 2.14. The van der Waals surface area contributed by atoms with Crippen molar-refractivity contribution in [2.75, 3.05) is 34.4 Å². The lowest BCUT2D eigenvalue weighted by Gasteiger charge is -2.26. The Bertz CT molecular complexity index is 605. The fourth-order valence-electron chi connectivity index (χ4n) is 3.07. The zero-order valence-electron chi connectivity index (χ0n) is 16.5. The molecule has 5 heteroatoms. The summed E-state index contributed by atoms with van der Waals surface area (Å²) in [6, 6.07) is 6.01. The Hall–Kier alpha value is -2.01. The predicted octanol–water partition coefficient (Wildman–Crippen LogP) is 3.34. The number of carbonyl (C=O) groups excluding carboxylic acids is 1. The molecule has 1 N–H and O–H groups in total. The molecule has 1 aliphatic rings. The van der Waals surface area contributed by atoms with Crippen LogP contribution in [0.1, 0.15) is 38.2 Å². The summed E-state index contributed by atoms with van der Waals surface area (Å²) in [4.78, 5) is 14.2. The van der Waals surface area contributed by atoms with Crippen molar-refractivity contribution in [3.8, 4) is 11.5 Å². The van der Waals surface area contributed by atoms with E-state index in [1.165, 1.54) is 12.8 Å². The molecule has 0 unspecified atom stereocenters. The van der Waals surface area contributed by atoms with Crippen LogP contribution in [0.15, 0.2) is 24.3 Å². The minimum Gasteiger partial charge on any atom is -0.493 e. The first-order valence-corrected chi connectivity index (χ1v) is 9.42. The lowest BCUT2D eigenvalue weighted by atomic mass is 9.87. The summed E-state index contributed by atoms with van der Waals surface area (Å²) in [6.45, 7) is 3.71. The van der Waals surface area contributed by atoms with Gasteiger partial charge in [0.05, 0.1) is 7.11 Å². The highest BCUT2D eigenvalue weighted by atomic mass is 16.5. The molecule has 1 aromatic carbocycles. The van der Waals surface area contributed by atoms with Crippen LogP contribution in [0.5, 0.6) is 11.5 Å². The molecular formula is C21H32N2O3. The molecule has 144 valence electrons. The molecule has 1 saturated carbocycles. The molecule has 1 aliphatic carbocycles. The molecule has 0 aromatic heterocycles. The number of methoxy groups -OCH3 is 1. The molecule has 0 heterocycles. The van der Waals surface area contributed by atoms with Gasteiger partial charge in [0.15, 0.2) is 11.5 Å². The maximum atomic E-state index is 12.1. The highest BCUT2D eigenvalue weighted by Gasteiger charge is 2.18.